The van der Waals surface area contributed by atoms with Gasteiger partial charge in [0.05, 0.1) is 5.69 Å². The highest BCUT2D eigenvalue weighted by atomic mass is 79.9. The molecule has 0 unspecified atom stereocenters. The Hall–Kier alpha value is -0.710. The van der Waals surface area contributed by atoms with Gasteiger partial charge in [0.25, 0.3) is 0 Å². The quantitative estimate of drug-likeness (QED) is 0.936. The first kappa shape index (κ1) is 11.8. The Kier molecular flexibility index (Phi) is 3.74. The van der Waals surface area contributed by atoms with Crippen LogP contribution in [0, 0.1) is 6.92 Å². The molecule has 2 aromatic rings. The normalized spacial score (nSPS) is 10.7. The minimum absolute atomic E-state index is 0.825. The van der Waals surface area contributed by atoms with E-state index in [9.17, 15) is 0 Å². The molecule has 84 valence electrons. The summed E-state index contributed by atoms with van der Waals surface area (Å²) in [6.45, 7) is 2.92. The van der Waals surface area contributed by atoms with Gasteiger partial charge in [-0.25, -0.2) is 4.98 Å². The summed E-state index contributed by atoms with van der Waals surface area (Å²) in [4.78, 5) is 4.58. The molecule has 0 aliphatic carbocycles. The SMILES string of the molecule is CNCc1csc(-c2ccc(Br)c(C)c2)n1. The highest BCUT2D eigenvalue weighted by molar-refractivity contribution is 9.10. The maximum absolute atomic E-state index is 4.58. The molecule has 2 nitrogen and oxygen atoms in total. The van der Waals surface area contributed by atoms with Gasteiger partial charge in [0.15, 0.2) is 0 Å². The monoisotopic (exact) mass is 296 g/mol. The lowest BCUT2D eigenvalue weighted by Crippen LogP contribution is -2.04. The first-order valence-electron chi connectivity index (χ1n) is 5.06. The molecular formula is C12H13BrN2S. The van der Waals surface area contributed by atoms with E-state index in [1.807, 2.05) is 7.05 Å². The molecule has 0 aliphatic heterocycles. The van der Waals surface area contributed by atoms with Crippen LogP contribution in [0.5, 0.6) is 0 Å². The molecule has 1 aromatic carbocycles. The van der Waals surface area contributed by atoms with Crippen LogP contribution in [-0.4, -0.2) is 12.0 Å². The smallest absolute Gasteiger partial charge is 0.123 e. The summed E-state index contributed by atoms with van der Waals surface area (Å²) < 4.78 is 1.14. The van der Waals surface area contributed by atoms with Gasteiger partial charge in [0.2, 0.25) is 0 Å². The Bertz CT molecular complexity index is 494. The van der Waals surface area contributed by atoms with Crippen LogP contribution in [0.2, 0.25) is 0 Å². The van der Waals surface area contributed by atoms with E-state index < -0.39 is 0 Å². The molecule has 0 radical (unpaired) electrons. The predicted molar refractivity (Wildman–Crippen MR) is 72.8 cm³/mol. The molecule has 0 amide bonds. The lowest BCUT2D eigenvalue weighted by Gasteiger charge is -2.00. The number of aromatic nitrogens is 1. The van der Waals surface area contributed by atoms with Gasteiger partial charge >= 0.3 is 0 Å². The van der Waals surface area contributed by atoms with Crippen molar-refractivity contribution in [2.24, 2.45) is 0 Å². The zero-order chi connectivity index (χ0) is 11.5. The third-order valence-corrected chi connectivity index (χ3v) is 4.14. The summed E-state index contributed by atoms with van der Waals surface area (Å²) in [5.74, 6) is 0. The Balaban J connectivity index is 2.31. The zero-order valence-corrected chi connectivity index (χ0v) is 11.7. The molecule has 0 atom stereocenters. The van der Waals surface area contributed by atoms with Crippen molar-refractivity contribution < 1.29 is 0 Å². The van der Waals surface area contributed by atoms with Crippen LogP contribution in [0.4, 0.5) is 0 Å². The van der Waals surface area contributed by atoms with Gasteiger partial charge in [-0.2, -0.15) is 0 Å². The number of hydrogen-bond donors (Lipinski definition) is 1. The van der Waals surface area contributed by atoms with E-state index in [4.69, 9.17) is 0 Å². The minimum Gasteiger partial charge on any atom is -0.314 e. The van der Waals surface area contributed by atoms with E-state index in [1.54, 1.807) is 11.3 Å². The highest BCUT2D eigenvalue weighted by Crippen LogP contribution is 2.27. The van der Waals surface area contributed by atoms with Gasteiger partial charge in [-0.3, -0.25) is 0 Å². The predicted octanol–water partition coefficient (Wildman–Crippen LogP) is 3.60. The van der Waals surface area contributed by atoms with Gasteiger partial charge < -0.3 is 5.32 Å². The molecule has 16 heavy (non-hydrogen) atoms. The topological polar surface area (TPSA) is 24.9 Å². The van der Waals surface area contributed by atoms with Gasteiger partial charge in [-0.1, -0.05) is 22.0 Å². The van der Waals surface area contributed by atoms with E-state index in [0.29, 0.717) is 0 Å². The number of halogens is 1. The molecule has 1 N–H and O–H groups in total. The Labute approximate surface area is 108 Å². The first-order chi connectivity index (χ1) is 7.70. The van der Waals surface area contributed by atoms with Crippen molar-refractivity contribution in [2.45, 2.75) is 13.5 Å². The van der Waals surface area contributed by atoms with Gasteiger partial charge in [0, 0.05) is 22.0 Å². The van der Waals surface area contributed by atoms with E-state index in [0.717, 1.165) is 21.7 Å². The second-order valence-corrected chi connectivity index (χ2v) is 5.35. The fraction of sp³-hybridized carbons (Fsp3) is 0.250. The molecule has 4 heteroatoms. The fourth-order valence-corrected chi connectivity index (χ4v) is 2.54. The van der Waals surface area contributed by atoms with Crippen molar-refractivity contribution in [3.8, 4) is 10.6 Å². The van der Waals surface area contributed by atoms with Crippen molar-refractivity contribution in [2.75, 3.05) is 7.05 Å². The molecule has 1 heterocycles. The van der Waals surface area contributed by atoms with Crippen LogP contribution < -0.4 is 5.32 Å². The number of benzene rings is 1. The van der Waals surface area contributed by atoms with E-state index in [2.05, 4.69) is 56.7 Å². The molecule has 0 spiro atoms. The molecule has 0 saturated carbocycles. The molecule has 2 rings (SSSR count). The van der Waals surface area contributed by atoms with Gasteiger partial charge in [0.1, 0.15) is 5.01 Å². The van der Waals surface area contributed by atoms with Crippen LogP contribution in [0.25, 0.3) is 10.6 Å². The van der Waals surface area contributed by atoms with Crippen molar-refractivity contribution in [3.05, 3.63) is 39.3 Å². The Morgan fingerprint density at radius 1 is 1.44 bits per heavy atom. The van der Waals surface area contributed by atoms with Gasteiger partial charge in [-0.15, -0.1) is 11.3 Å². The van der Waals surface area contributed by atoms with Crippen LogP contribution in [0.15, 0.2) is 28.1 Å². The maximum Gasteiger partial charge on any atom is 0.123 e. The van der Waals surface area contributed by atoms with E-state index in [-0.39, 0.29) is 0 Å². The second kappa shape index (κ2) is 5.08. The molecule has 0 bridgehead atoms. The molecule has 0 fully saturated rings. The molecule has 1 aromatic heterocycles. The third kappa shape index (κ3) is 2.51. The second-order valence-electron chi connectivity index (χ2n) is 3.64. The summed E-state index contributed by atoms with van der Waals surface area (Å²) in [5.41, 5.74) is 3.53. The molecule has 0 aliphatic rings. The molecular weight excluding hydrogens is 284 g/mol. The maximum atomic E-state index is 4.58. The highest BCUT2D eigenvalue weighted by Gasteiger charge is 2.05. The summed E-state index contributed by atoms with van der Waals surface area (Å²) in [6.07, 6.45) is 0. The van der Waals surface area contributed by atoms with Crippen molar-refractivity contribution >= 4 is 27.3 Å². The molecule has 0 saturated heterocycles. The lowest BCUT2D eigenvalue weighted by atomic mass is 10.1. The Morgan fingerprint density at radius 2 is 2.25 bits per heavy atom. The Morgan fingerprint density at radius 3 is 2.94 bits per heavy atom. The van der Waals surface area contributed by atoms with Crippen LogP contribution in [0.1, 0.15) is 11.3 Å². The summed E-state index contributed by atoms with van der Waals surface area (Å²) in [5, 5.41) is 6.29. The lowest BCUT2D eigenvalue weighted by molar-refractivity contribution is 0.798. The fourth-order valence-electron chi connectivity index (χ4n) is 1.48. The number of nitrogens with zero attached hydrogens (tertiary/aromatic N) is 1. The van der Waals surface area contributed by atoms with Crippen molar-refractivity contribution in [3.63, 3.8) is 0 Å². The van der Waals surface area contributed by atoms with E-state index in [1.165, 1.54) is 11.1 Å². The summed E-state index contributed by atoms with van der Waals surface area (Å²) in [6, 6.07) is 6.33. The zero-order valence-electron chi connectivity index (χ0n) is 9.25. The third-order valence-electron chi connectivity index (χ3n) is 2.31. The number of hydrogen-bond acceptors (Lipinski definition) is 3. The number of nitrogens with one attached hydrogen (secondary N) is 1. The summed E-state index contributed by atoms with van der Waals surface area (Å²) >= 11 is 5.20. The number of aryl methyl sites for hydroxylation is 1. The summed E-state index contributed by atoms with van der Waals surface area (Å²) in [7, 11) is 1.93. The standard InChI is InChI=1S/C12H13BrN2S/c1-8-5-9(3-4-11(8)13)12-15-10(6-14-2)7-16-12/h3-5,7,14H,6H2,1-2H3. The number of thiazole rings is 1. The van der Waals surface area contributed by atoms with Crippen molar-refractivity contribution in [1.82, 2.24) is 10.3 Å². The minimum atomic E-state index is 0.825. The van der Waals surface area contributed by atoms with Crippen molar-refractivity contribution in [1.29, 1.82) is 0 Å². The average molecular weight is 297 g/mol. The van der Waals surface area contributed by atoms with Crippen LogP contribution in [0.3, 0.4) is 0 Å². The number of rotatable bonds is 3. The largest absolute Gasteiger partial charge is 0.314 e. The van der Waals surface area contributed by atoms with E-state index >= 15 is 0 Å². The average Bonchev–Trinajstić information content (AvgIpc) is 2.71. The van der Waals surface area contributed by atoms with Crippen LogP contribution >= 0.6 is 27.3 Å². The van der Waals surface area contributed by atoms with Crippen LogP contribution in [-0.2, 0) is 6.54 Å². The van der Waals surface area contributed by atoms with Gasteiger partial charge in [-0.05, 0) is 31.7 Å². The first-order valence-corrected chi connectivity index (χ1v) is 6.73.